The second kappa shape index (κ2) is 14.2. The Hall–Kier alpha value is -5.26. The highest BCUT2D eigenvalue weighted by Crippen LogP contribution is 2.44. The molecule has 1 aromatic heterocycles. The van der Waals surface area contributed by atoms with E-state index in [9.17, 15) is 19.5 Å². The predicted molar refractivity (Wildman–Crippen MR) is 185 cm³/mol. The lowest BCUT2D eigenvalue weighted by Gasteiger charge is -2.22. The Morgan fingerprint density at radius 2 is 1.58 bits per heavy atom. The zero-order valence-electron chi connectivity index (χ0n) is 26.4. The molecular weight excluding hydrogens is 647 g/mol. The van der Waals surface area contributed by atoms with Crippen LogP contribution in [0.15, 0.2) is 107 Å². The van der Waals surface area contributed by atoms with Crippen molar-refractivity contribution >= 4 is 51.6 Å². The minimum atomic E-state index is -1.03. The number of esters is 1. The fourth-order valence-corrected chi connectivity index (χ4v) is 7.07. The number of carbonyl (C=O) groups is 3. The number of ether oxygens (including phenoxy) is 2. The molecule has 1 aliphatic heterocycles. The summed E-state index contributed by atoms with van der Waals surface area (Å²) in [5.41, 5.74) is 5.46. The number of anilines is 1. The average Bonchev–Trinajstić information content (AvgIpc) is 3.68. The van der Waals surface area contributed by atoms with Crippen molar-refractivity contribution < 1.29 is 29.0 Å². The van der Waals surface area contributed by atoms with Crippen LogP contribution in [0, 0.1) is 13.8 Å². The molecule has 0 bridgehead atoms. The maximum absolute atomic E-state index is 13.7. The smallest absolute Gasteiger partial charge is 0.337 e. The van der Waals surface area contributed by atoms with Gasteiger partial charge in [0, 0.05) is 11.3 Å². The van der Waals surface area contributed by atoms with E-state index in [-0.39, 0.29) is 16.5 Å². The Morgan fingerprint density at radius 3 is 2.27 bits per heavy atom. The number of thioether (sulfide) groups is 1. The molecular formula is C37H31N3O6S2. The highest BCUT2D eigenvalue weighted by molar-refractivity contribution is 8.00. The summed E-state index contributed by atoms with van der Waals surface area (Å²) < 4.78 is 11.4. The maximum atomic E-state index is 13.7. The van der Waals surface area contributed by atoms with Crippen LogP contribution in [0.2, 0.25) is 0 Å². The van der Waals surface area contributed by atoms with Gasteiger partial charge in [-0.15, -0.1) is 10.2 Å². The lowest BCUT2D eigenvalue weighted by Crippen LogP contribution is -2.29. The van der Waals surface area contributed by atoms with Crippen molar-refractivity contribution in [2.24, 2.45) is 0 Å². The molecule has 1 fully saturated rings. The van der Waals surface area contributed by atoms with Crippen LogP contribution < -0.4 is 9.64 Å². The number of aromatic nitrogens is 2. The van der Waals surface area contributed by atoms with Gasteiger partial charge < -0.3 is 14.6 Å². The van der Waals surface area contributed by atoms with Gasteiger partial charge in [-0.25, -0.2) is 4.79 Å². The molecule has 242 valence electrons. The molecule has 6 rings (SSSR count). The number of Topliss-reactive ketones (excluding diaryl/α,β-unsaturated/α-hetero) is 1. The first-order chi connectivity index (χ1) is 23.2. The molecule has 1 aliphatic rings. The quantitative estimate of drug-likeness (QED) is 0.0402. The van der Waals surface area contributed by atoms with Crippen LogP contribution in [0.3, 0.4) is 0 Å². The van der Waals surface area contributed by atoms with E-state index in [0.29, 0.717) is 39.1 Å². The number of benzene rings is 4. The zero-order valence-corrected chi connectivity index (χ0v) is 28.0. The minimum Gasteiger partial charge on any atom is -0.507 e. The predicted octanol–water partition coefficient (Wildman–Crippen LogP) is 7.44. The van der Waals surface area contributed by atoms with Crippen molar-refractivity contribution in [3.05, 3.63) is 142 Å². The van der Waals surface area contributed by atoms with Crippen LogP contribution >= 0.6 is 23.1 Å². The van der Waals surface area contributed by atoms with Crippen molar-refractivity contribution in [2.45, 2.75) is 36.6 Å². The summed E-state index contributed by atoms with van der Waals surface area (Å²) in [6, 6.07) is 28.1. The lowest BCUT2D eigenvalue weighted by molar-refractivity contribution is -0.132. The molecule has 1 atom stereocenters. The van der Waals surface area contributed by atoms with Crippen LogP contribution in [-0.4, -0.2) is 40.1 Å². The topological polar surface area (TPSA) is 119 Å². The standard InChI is InChI=1S/C37H31N3O6S2/c1-22-8-10-24(11-9-22)21-47-37-39-38-36(48-37)40-31(25-12-14-27(15-13-25)35(44)45-3)30(33(42)34(40)43)32(41)26-16-18-29(19-17-26)46-20-28-7-5-4-6-23(28)2/h4-19,31,41H,20-21H2,1-3H3. The molecule has 1 amide bonds. The summed E-state index contributed by atoms with van der Waals surface area (Å²) in [6.07, 6.45) is 0. The monoisotopic (exact) mass is 677 g/mol. The highest BCUT2D eigenvalue weighted by Gasteiger charge is 2.48. The van der Waals surface area contributed by atoms with Crippen molar-refractivity contribution in [3.63, 3.8) is 0 Å². The fraction of sp³-hybridized carbons (Fsp3) is 0.162. The molecule has 5 aromatic rings. The number of ketones is 1. The van der Waals surface area contributed by atoms with E-state index in [1.807, 2.05) is 62.4 Å². The van der Waals surface area contributed by atoms with E-state index < -0.39 is 23.7 Å². The number of hydrogen-bond donors (Lipinski definition) is 1. The van der Waals surface area contributed by atoms with E-state index in [2.05, 4.69) is 10.2 Å². The molecule has 0 saturated carbocycles. The number of amides is 1. The van der Waals surface area contributed by atoms with Gasteiger partial charge in [0.1, 0.15) is 18.1 Å². The Morgan fingerprint density at radius 1 is 0.896 bits per heavy atom. The molecule has 1 unspecified atom stereocenters. The third-order valence-corrected chi connectivity index (χ3v) is 10.1. The number of methoxy groups -OCH3 is 1. The maximum Gasteiger partial charge on any atom is 0.337 e. The van der Waals surface area contributed by atoms with Crippen LogP contribution in [0.4, 0.5) is 5.13 Å². The molecule has 1 saturated heterocycles. The number of rotatable bonds is 10. The third kappa shape index (κ3) is 6.87. The molecule has 9 nitrogen and oxygen atoms in total. The van der Waals surface area contributed by atoms with Gasteiger partial charge in [-0.3, -0.25) is 14.5 Å². The van der Waals surface area contributed by atoms with Crippen molar-refractivity contribution in [1.29, 1.82) is 0 Å². The van der Waals surface area contributed by atoms with Gasteiger partial charge in [0.05, 0.1) is 24.3 Å². The van der Waals surface area contributed by atoms with Gasteiger partial charge >= 0.3 is 11.9 Å². The minimum absolute atomic E-state index is 0.108. The van der Waals surface area contributed by atoms with Gasteiger partial charge in [-0.2, -0.15) is 0 Å². The molecule has 1 N–H and O–H groups in total. The molecule has 48 heavy (non-hydrogen) atoms. The Kier molecular flexibility index (Phi) is 9.70. The van der Waals surface area contributed by atoms with Crippen molar-refractivity contribution in [3.8, 4) is 5.75 Å². The van der Waals surface area contributed by atoms with Crippen LogP contribution in [0.1, 0.15) is 49.8 Å². The largest absolute Gasteiger partial charge is 0.507 e. The lowest BCUT2D eigenvalue weighted by atomic mass is 9.94. The van der Waals surface area contributed by atoms with E-state index in [4.69, 9.17) is 9.47 Å². The second-order valence-corrected chi connectivity index (χ2v) is 13.3. The molecule has 4 aromatic carbocycles. The zero-order chi connectivity index (χ0) is 33.8. The van der Waals surface area contributed by atoms with Crippen LogP contribution in [0.25, 0.3) is 5.76 Å². The second-order valence-electron chi connectivity index (χ2n) is 11.1. The van der Waals surface area contributed by atoms with Crippen LogP contribution in [-0.2, 0) is 26.7 Å². The van der Waals surface area contributed by atoms with E-state index in [0.717, 1.165) is 16.7 Å². The number of carbonyl (C=O) groups excluding carboxylic acids is 3. The summed E-state index contributed by atoms with van der Waals surface area (Å²) in [6.45, 7) is 4.42. The Balaban J connectivity index is 1.32. The van der Waals surface area contributed by atoms with Crippen LogP contribution in [0.5, 0.6) is 5.75 Å². The third-order valence-electron chi connectivity index (χ3n) is 7.96. The first-order valence-electron chi connectivity index (χ1n) is 15.0. The van der Waals surface area contributed by atoms with E-state index in [1.54, 1.807) is 48.5 Å². The number of aryl methyl sites for hydroxylation is 2. The first-order valence-corrected chi connectivity index (χ1v) is 16.8. The fourth-order valence-electron chi connectivity index (χ4n) is 5.25. The van der Waals surface area contributed by atoms with E-state index >= 15 is 0 Å². The summed E-state index contributed by atoms with van der Waals surface area (Å²) >= 11 is 2.65. The van der Waals surface area contributed by atoms with Crippen molar-refractivity contribution in [2.75, 3.05) is 12.0 Å². The molecule has 11 heteroatoms. The molecule has 0 aliphatic carbocycles. The van der Waals surface area contributed by atoms with Gasteiger partial charge in [0.15, 0.2) is 4.34 Å². The first kappa shape index (κ1) is 32.7. The average molecular weight is 678 g/mol. The van der Waals surface area contributed by atoms with Gasteiger partial charge in [-0.1, -0.05) is 89.3 Å². The van der Waals surface area contributed by atoms with Gasteiger partial charge in [0.2, 0.25) is 5.13 Å². The molecule has 0 radical (unpaired) electrons. The SMILES string of the molecule is COC(=O)c1ccc(C2C(=C(O)c3ccc(OCc4ccccc4C)cc3)C(=O)C(=O)N2c2nnc(SCc3ccc(C)cc3)s2)cc1. The number of aliphatic hydroxyl groups is 1. The summed E-state index contributed by atoms with van der Waals surface area (Å²) in [4.78, 5) is 40.7. The summed E-state index contributed by atoms with van der Waals surface area (Å²) in [5, 5.41) is 20.4. The van der Waals surface area contributed by atoms with Gasteiger partial charge in [0.25, 0.3) is 5.78 Å². The normalized spacial score (nSPS) is 15.5. The Bertz CT molecular complexity index is 2000. The van der Waals surface area contributed by atoms with E-state index in [1.165, 1.54) is 40.7 Å². The van der Waals surface area contributed by atoms with Crippen molar-refractivity contribution in [1.82, 2.24) is 10.2 Å². The molecule has 0 spiro atoms. The number of aliphatic hydroxyl groups excluding tert-OH is 1. The molecule has 2 heterocycles. The number of nitrogens with zero attached hydrogens (tertiary/aromatic N) is 3. The number of hydrogen-bond acceptors (Lipinski definition) is 10. The highest BCUT2D eigenvalue weighted by atomic mass is 32.2. The Labute approximate surface area is 285 Å². The summed E-state index contributed by atoms with van der Waals surface area (Å²) in [5.74, 6) is -1.35. The summed E-state index contributed by atoms with van der Waals surface area (Å²) in [7, 11) is 1.29. The van der Waals surface area contributed by atoms with Gasteiger partial charge in [-0.05, 0) is 72.5 Å².